The molecule has 38 heavy (non-hydrogen) atoms. The molecule has 4 aromatic carbocycles. The van der Waals surface area contributed by atoms with Gasteiger partial charge in [-0.15, -0.1) is 0 Å². The number of amidine groups is 1. The molecule has 2 N–H and O–H groups in total. The molecule has 0 saturated heterocycles. The number of Topliss-reactive ketones (excluding diaryl/α,β-unsaturated/α-hetero) is 1. The SMILES string of the molecule is O=C(CN1c2ccccc2Sc2ccccc21)NNC(=Nc1ccccc1)SCC(=O)c1ccc(Cl)cc1. The van der Waals surface area contributed by atoms with Gasteiger partial charge in [0, 0.05) is 20.4 Å². The number of nitrogens with zero attached hydrogens (tertiary/aromatic N) is 2. The number of carbonyl (C=O) groups excluding carboxylic acids is 2. The number of hydrogen-bond acceptors (Lipinski definition) is 6. The van der Waals surface area contributed by atoms with Crippen molar-refractivity contribution in [2.75, 3.05) is 17.2 Å². The summed E-state index contributed by atoms with van der Waals surface area (Å²) in [5.41, 5.74) is 8.91. The topological polar surface area (TPSA) is 73.8 Å². The first-order valence-corrected chi connectivity index (χ1v) is 14.0. The molecule has 0 bridgehead atoms. The second-order valence-electron chi connectivity index (χ2n) is 8.27. The van der Waals surface area contributed by atoms with Crippen LogP contribution in [0.4, 0.5) is 17.1 Å². The summed E-state index contributed by atoms with van der Waals surface area (Å²) in [7, 11) is 0. The Labute approximate surface area is 234 Å². The minimum absolute atomic E-state index is 0.0698. The van der Waals surface area contributed by atoms with Crippen molar-refractivity contribution >= 4 is 69.0 Å². The van der Waals surface area contributed by atoms with Crippen molar-refractivity contribution in [2.45, 2.75) is 9.79 Å². The number of aliphatic imine (C=N–C) groups is 1. The second-order valence-corrected chi connectivity index (χ2v) is 10.8. The zero-order valence-electron chi connectivity index (χ0n) is 20.1. The number of para-hydroxylation sites is 3. The van der Waals surface area contributed by atoms with Gasteiger partial charge in [-0.05, 0) is 60.7 Å². The molecule has 4 aromatic rings. The zero-order chi connectivity index (χ0) is 26.3. The lowest BCUT2D eigenvalue weighted by Gasteiger charge is -2.32. The van der Waals surface area contributed by atoms with E-state index in [4.69, 9.17) is 11.6 Å². The largest absolute Gasteiger partial charge is 0.330 e. The lowest BCUT2D eigenvalue weighted by atomic mass is 10.1. The van der Waals surface area contributed by atoms with Crippen molar-refractivity contribution in [3.05, 3.63) is 114 Å². The molecule has 9 heteroatoms. The van der Waals surface area contributed by atoms with Gasteiger partial charge in [0.25, 0.3) is 5.91 Å². The maximum absolute atomic E-state index is 13.1. The van der Waals surface area contributed by atoms with Crippen LogP contribution < -0.4 is 15.8 Å². The summed E-state index contributed by atoms with van der Waals surface area (Å²) in [4.78, 5) is 34.6. The van der Waals surface area contributed by atoms with E-state index >= 15 is 0 Å². The highest BCUT2D eigenvalue weighted by atomic mass is 35.5. The highest BCUT2D eigenvalue weighted by molar-refractivity contribution is 8.14. The van der Waals surface area contributed by atoms with Crippen molar-refractivity contribution in [1.82, 2.24) is 10.9 Å². The summed E-state index contributed by atoms with van der Waals surface area (Å²) in [5, 5.41) is 0.976. The molecule has 190 valence electrons. The molecular weight excluding hydrogens is 536 g/mol. The third-order valence-corrected chi connectivity index (χ3v) is 7.89. The van der Waals surface area contributed by atoms with Crippen molar-refractivity contribution in [2.24, 2.45) is 4.99 Å². The molecule has 0 spiro atoms. The number of halogens is 1. The van der Waals surface area contributed by atoms with Crippen molar-refractivity contribution < 1.29 is 9.59 Å². The number of hydrogen-bond donors (Lipinski definition) is 2. The highest BCUT2D eigenvalue weighted by Crippen LogP contribution is 2.47. The molecule has 0 aromatic heterocycles. The normalized spacial score (nSPS) is 12.3. The van der Waals surface area contributed by atoms with E-state index in [1.165, 1.54) is 11.8 Å². The molecule has 1 aliphatic rings. The minimum atomic E-state index is -0.244. The number of ketones is 1. The monoisotopic (exact) mass is 558 g/mol. The van der Waals surface area contributed by atoms with Gasteiger partial charge in [0.15, 0.2) is 11.0 Å². The lowest BCUT2D eigenvalue weighted by Crippen LogP contribution is -2.45. The standard InChI is InChI=1S/C29H23ClN4O2S2/c30-21-16-14-20(15-17-21)25(35)19-37-29(31-22-8-2-1-3-9-22)33-32-28(36)18-34-23-10-4-6-12-26(23)38-27-13-7-5-11-24(27)34/h1-17H,18-19H2,(H,31,33)(H,32,36). The Bertz CT molecular complexity index is 1430. The van der Waals surface area contributed by atoms with Crippen molar-refractivity contribution in [1.29, 1.82) is 0 Å². The summed E-state index contributed by atoms with van der Waals surface area (Å²) in [6.45, 7) is 0.106. The summed E-state index contributed by atoms with van der Waals surface area (Å²) >= 11 is 8.84. The maximum atomic E-state index is 13.1. The van der Waals surface area contributed by atoms with Gasteiger partial charge in [-0.25, -0.2) is 4.99 Å². The average molecular weight is 559 g/mol. The van der Waals surface area contributed by atoms with Crippen LogP contribution in [0.1, 0.15) is 10.4 Å². The van der Waals surface area contributed by atoms with Crippen LogP contribution >= 0.6 is 35.1 Å². The molecule has 0 saturated carbocycles. The molecule has 1 heterocycles. The van der Waals surface area contributed by atoms with Crippen LogP contribution in [-0.4, -0.2) is 29.2 Å². The smallest absolute Gasteiger partial charge is 0.258 e. The fourth-order valence-electron chi connectivity index (χ4n) is 3.83. The number of nitrogens with one attached hydrogen (secondary N) is 2. The summed E-state index contributed by atoms with van der Waals surface area (Å²) in [5.74, 6) is -0.174. The van der Waals surface area contributed by atoms with Gasteiger partial charge < -0.3 is 4.90 Å². The zero-order valence-corrected chi connectivity index (χ0v) is 22.5. The molecule has 0 unspecified atom stereocenters. The third-order valence-electron chi connectivity index (χ3n) is 5.64. The van der Waals surface area contributed by atoms with Crippen LogP contribution in [0.3, 0.4) is 0 Å². The van der Waals surface area contributed by atoms with Gasteiger partial charge in [-0.2, -0.15) is 0 Å². The van der Waals surface area contributed by atoms with Gasteiger partial charge in [-0.3, -0.25) is 20.4 Å². The molecule has 0 atom stereocenters. The van der Waals surface area contributed by atoms with Crippen LogP contribution in [0.25, 0.3) is 0 Å². The fourth-order valence-corrected chi connectivity index (χ4v) is 5.78. The van der Waals surface area contributed by atoms with E-state index < -0.39 is 0 Å². The third kappa shape index (κ3) is 6.39. The number of benzene rings is 4. The molecule has 0 aliphatic carbocycles. The Morgan fingerprint density at radius 1 is 0.789 bits per heavy atom. The number of anilines is 2. The predicted molar refractivity (Wildman–Crippen MR) is 157 cm³/mol. The Kier molecular flexibility index (Phi) is 8.33. The summed E-state index contributed by atoms with van der Waals surface area (Å²) in [6.07, 6.45) is 0. The van der Waals surface area contributed by atoms with Crippen molar-refractivity contribution in [3.8, 4) is 0 Å². The van der Waals surface area contributed by atoms with Gasteiger partial charge in [-0.1, -0.05) is 77.6 Å². The molecular formula is C29H23ClN4O2S2. The Morgan fingerprint density at radius 2 is 1.39 bits per heavy atom. The average Bonchev–Trinajstić information content (AvgIpc) is 2.95. The minimum Gasteiger partial charge on any atom is -0.330 e. The fraction of sp³-hybridized carbons (Fsp3) is 0.0690. The number of carbonyl (C=O) groups is 2. The number of hydrazine groups is 1. The number of rotatable bonds is 6. The summed E-state index contributed by atoms with van der Waals surface area (Å²) < 4.78 is 0. The van der Waals surface area contributed by atoms with Crippen LogP contribution in [0, 0.1) is 0 Å². The molecule has 1 aliphatic heterocycles. The Hall–Kier alpha value is -3.72. The van der Waals surface area contributed by atoms with E-state index in [1.54, 1.807) is 36.0 Å². The number of fused-ring (bicyclic) bond motifs is 2. The number of thioether (sulfide) groups is 1. The van der Waals surface area contributed by atoms with E-state index in [9.17, 15) is 9.59 Å². The summed E-state index contributed by atoms with van der Waals surface area (Å²) in [6, 6.07) is 32.2. The molecule has 0 fully saturated rings. The predicted octanol–water partition coefficient (Wildman–Crippen LogP) is 6.87. The van der Waals surface area contributed by atoms with Gasteiger partial charge in [0.1, 0.15) is 6.54 Å². The van der Waals surface area contributed by atoms with Gasteiger partial charge in [0.05, 0.1) is 22.8 Å². The van der Waals surface area contributed by atoms with E-state index in [1.807, 2.05) is 71.6 Å². The molecule has 0 radical (unpaired) electrons. The van der Waals surface area contributed by atoms with Crippen LogP contribution in [0.2, 0.25) is 5.02 Å². The first-order chi connectivity index (χ1) is 18.6. The number of amides is 1. The van der Waals surface area contributed by atoms with Crippen molar-refractivity contribution in [3.63, 3.8) is 0 Å². The van der Waals surface area contributed by atoms with Crippen LogP contribution in [0.5, 0.6) is 0 Å². The second kappa shape index (κ2) is 12.2. The first kappa shape index (κ1) is 25.9. The molecule has 6 nitrogen and oxygen atoms in total. The van der Waals surface area contributed by atoms with Gasteiger partial charge in [0.2, 0.25) is 0 Å². The van der Waals surface area contributed by atoms with E-state index in [2.05, 4.69) is 28.0 Å². The van der Waals surface area contributed by atoms with E-state index in [0.29, 0.717) is 21.4 Å². The maximum Gasteiger partial charge on any atom is 0.258 e. The quantitative estimate of drug-likeness (QED) is 0.116. The molecule has 1 amide bonds. The Balaban J connectivity index is 1.28. The Morgan fingerprint density at radius 3 is 2.05 bits per heavy atom. The van der Waals surface area contributed by atoms with Gasteiger partial charge >= 0.3 is 0 Å². The highest BCUT2D eigenvalue weighted by Gasteiger charge is 2.24. The van der Waals surface area contributed by atoms with E-state index in [0.717, 1.165) is 21.2 Å². The first-order valence-electron chi connectivity index (χ1n) is 11.8. The van der Waals surface area contributed by atoms with E-state index in [-0.39, 0.29) is 24.0 Å². The van der Waals surface area contributed by atoms with Crippen LogP contribution in [0.15, 0.2) is 118 Å². The van der Waals surface area contributed by atoms with Crippen LogP contribution in [-0.2, 0) is 4.79 Å². The lowest BCUT2D eigenvalue weighted by molar-refractivity contribution is -0.120. The molecule has 5 rings (SSSR count).